The second-order valence-corrected chi connectivity index (χ2v) is 7.05. The summed E-state index contributed by atoms with van der Waals surface area (Å²) in [4.78, 5) is 17.9. The third kappa shape index (κ3) is 4.15. The predicted molar refractivity (Wildman–Crippen MR) is 119 cm³/mol. The highest BCUT2D eigenvalue weighted by Gasteiger charge is 2.18. The average molecular weight is 399 g/mol. The Hall–Kier alpha value is -3.73. The minimum Gasteiger partial charge on any atom is -0.290 e. The molecule has 30 heavy (non-hydrogen) atoms. The normalized spacial score (nSPS) is 11.6. The summed E-state index contributed by atoms with van der Waals surface area (Å²) in [6.45, 7) is 2.37. The quantitative estimate of drug-likeness (QED) is 0.455. The van der Waals surface area contributed by atoms with Crippen molar-refractivity contribution in [3.8, 4) is 16.9 Å². The van der Waals surface area contributed by atoms with Crippen molar-refractivity contribution >= 4 is 5.71 Å². The van der Waals surface area contributed by atoms with E-state index in [4.69, 9.17) is 0 Å². The Balaban J connectivity index is 1.71. The summed E-state index contributed by atoms with van der Waals surface area (Å²) in [7, 11) is 0. The summed E-state index contributed by atoms with van der Waals surface area (Å²) >= 11 is 0. The maximum atomic E-state index is 13.3. The van der Waals surface area contributed by atoms with Gasteiger partial charge in [-0.1, -0.05) is 60.7 Å². The molecular weight excluding hydrogens is 377 g/mol. The van der Waals surface area contributed by atoms with Crippen LogP contribution in [0.3, 0.4) is 0 Å². The van der Waals surface area contributed by atoms with Crippen LogP contribution < -0.4 is 5.56 Å². The van der Waals surface area contributed by atoms with E-state index in [0.717, 1.165) is 22.5 Å². The van der Waals surface area contributed by atoms with Gasteiger partial charge in [0.25, 0.3) is 5.56 Å². The van der Waals surface area contributed by atoms with Gasteiger partial charge in [-0.25, -0.2) is 9.07 Å². The van der Waals surface area contributed by atoms with E-state index in [9.17, 15) is 9.18 Å². The van der Waals surface area contributed by atoms with Crippen molar-refractivity contribution in [2.45, 2.75) is 13.3 Å². The van der Waals surface area contributed by atoms with Gasteiger partial charge in [0.05, 0.1) is 16.9 Å². The maximum Gasteiger partial charge on any atom is 0.280 e. The Kier molecular flexibility index (Phi) is 5.70. The van der Waals surface area contributed by atoms with Crippen LogP contribution in [-0.4, -0.2) is 22.0 Å². The van der Waals surface area contributed by atoms with Crippen molar-refractivity contribution < 1.29 is 4.39 Å². The van der Waals surface area contributed by atoms with Crippen LogP contribution >= 0.6 is 0 Å². The van der Waals surface area contributed by atoms with Crippen LogP contribution in [0, 0.1) is 5.82 Å². The number of benzene rings is 3. The summed E-state index contributed by atoms with van der Waals surface area (Å²) < 4.78 is 14.6. The average Bonchev–Trinajstić information content (AvgIpc) is 3.13. The first-order chi connectivity index (χ1) is 14.6. The van der Waals surface area contributed by atoms with Crippen molar-refractivity contribution in [1.29, 1.82) is 0 Å². The highest BCUT2D eigenvalue weighted by molar-refractivity contribution is 6.03. The van der Waals surface area contributed by atoms with E-state index in [0.29, 0.717) is 24.2 Å². The van der Waals surface area contributed by atoms with Gasteiger partial charge >= 0.3 is 0 Å². The number of rotatable bonds is 6. The number of hydrogen-bond donors (Lipinski definition) is 1. The van der Waals surface area contributed by atoms with Gasteiger partial charge in [0.15, 0.2) is 0 Å². The van der Waals surface area contributed by atoms with Crippen molar-refractivity contribution in [3.63, 3.8) is 0 Å². The van der Waals surface area contributed by atoms with Gasteiger partial charge in [0.1, 0.15) is 5.82 Å². The fourth-order valence-electron chi connectivity index (χ4n) is 3.43. The van der Waals surface area contributed by atoms with Crippen LogP contribution in [0.4, 0.5) is 4.39 Å². The molecule has 0 aliphatic rings. The van der Waals surface area contributed by atoms with E-state index in [-0.39, 0.29) is 11.4 Å². The number of para-hydroxylation sites is 1. The third-order valence-electron chi connectivity index (χ3n) is 4.99. The Bertz CT molecular complexity index is 1210. The second kappa shape index (κ2) is 8.74. The molecule has 0 aliphatic heterocycles. The van der Waals surface area contributed by atoms with E-state index >= 15 is 0 Å². The lowest BCUT2D eigenvalue weighted by Gasteiger charge is -2.03. The van der Waals surface area contributed by atoms with Crippen molar-refractivity contribution in [3.05, 3.63) is 112 Å². The first-order valence-corrected chi connectivity index (χ1v) is 9.85. The second-order valence-electron chi connectivity index (χ2n) is 7.05. The molecule has 0 spiro atoms. The van der Waals surface area contributed by atoms with Gasteiger partial charge in [-0.15, -0.1) is 0 Å². The standard InChI is InChI=1S/C25H22FN3O/c1-18(27-17-16-19-12-14-21(26)15-13-19)23-24(20-8-4-2-5-9-20)28-29(25(23)30)22-10-6-3-7-11-22/h2-15,28H,16-17H2,1H3. The lowest BCUT2D eigenvalue weighted by Crippen LogP contribution is -2.19. The zero-order valence-electron chi connectivity index (χ0n) is 16.7. The largest absolute Gasteiger partial charge is 0.290 e. The van der Waals surface area contributed by atoms with E-state index in [1.165, 1.54) is 12.1 Å². The summed E-state index contributed by atoms with van der Waals surface area (Å²) in [5.41, 5.74) is 4.54. The molecule has 4 nitrogen and oxygen atoms in total. The number of halogens is 1. The number of aliphatic imine (C=N–C) groups is 1. The fraction of sp³-hybridized carbons (Fsp3) is 0.120. The van der Waals surface area contributed by atoms with Gasteiger partial charge in [-0.2, -0.15) is 0 Å². The molecule has 0 amide bonds. The predicted octanol–water partition coefficient (Wildman–Crippen LogP) is 5.02. The van der Waals surface area contributed by atoms with Crippen molar-refractivity contribution in [2.24, 2.45) is 4.99 Å². The van der Waals surface area contributed by atoms with Gasteiger partial charge in [-0.05, 0) is 43.2 Å². The number of aromatic amines is 1. The molecule has 0 atom stereocenters. The summed E-state index contributed by atoms with van der Waals surface area (Å²) in [5.74, 6) is -0.250. The molecule has 3 aromatic carbocycles. The molecule has 1 N–H and O–H groups in total. The van der Waals surface area contributed by atoms with E-state index in [1.54, 1.807) is 16.8 Å². The number of aromatic nitrogens is 2. The minimum atomic E-state index is -0.250. The minimum absolute atomic E-state index is 0.136. The molecule has 4 aromatic rings. The van der Waals surface area contributed by atoms with E-state index in [1.807, 2.05) is 67.6 Å². The molecule has 0 saturated carbocycles. The van der Waals surface area contributed by atoms with E-state index < -0.39 is 0 Å². The number of H-pyrrole nitrogens is 1. The summed E-state index contributed by atoms with van der Waals surface area (Å²) in [6.07, 6.45) is 0.676. The molecule has 1 heterocycles. The smallest absolute Gasteiger partial charge is 0.280 e. The molecule has 4 rings (SSSR count). The number of nitrogens with zero attached hydrogens (tertiary/aromatic N) is 2. The lowest BCUT2D eigenvalue weighted by atomic mass is 10.1. The Morgan fingerprint density at radius 1 is 0.933 bits per heavy atom. The topological polar surface area (TPSA) is 50.1 Å². The summed E-state index contributed by atoms with van der Waals surface area (Å²) in [5, 5.41) is 3.26. The Morgan fingerprint density at radius 3 is 2.23 bits per heavy atom. The zero-order chi connectivity index (χ0) is 20.9. The van der Waals surface area contributed by atoms with Crippen LogP contribution in [0.1, 0.15) is 18.1 Å². The zero-order valence-corrected chi connectivity index (χ0v) is 16.7. The molecule has 5 heteroatoms. The molecule has 150 valence electrons. The first-order valence-electron chi connectivity index (χ1n) is 9.85. The van der Waals surface area contributed by atoms with E-state index in [2.05, 4.69) is 10.1 Å². The summed E-state index contributed by atoms with van der Waals surface area (Å²) in [6, 6.07) is 25.7. The van der Waals surface area contributed by atoms with Crippen molar-refractivity contribution in [1.82, 2.24) is 9.78 Å². The van der Waals surface area contributed by atoms with Crippen LogP contribution in [-0.2, 0) is 6.42 Å². The van der Waals surface area contributed by atoms with Crippen LogP contribution in [0.15, 0.2) is 94.7 Å². The molecule has 0 saturated heterocycles. The molecular formula is C25H22FN3O. The molecule has 0 bridgehead atoms. The Labute approximate surface area is 174 Å². The molecule has 1 aromatic heterocycles. The highest BCUT2D eigenvalue weighted by Crippen LogP contribution is 2.21. The first kappa shape index (κ1) is 19.6. The molecule has 0 fully saturated rings. The molecule has 0 unspecified atom stereocenters. The maximum absolute atomic E-state index is 13.3. The van der Waals surface area contributed by atoms with Gasteiger partial charge in [0, 0.05) is 17.8 Å². The Morgan fingerprint density at radius 2 is 1.57 bits per heavy atom. The number of hydrogen-bond acceptors (Lipinski definition) is 2. The fourth-order valence-corrected chi connectivity index (χ4v) is 3.43. The lowest BCUT2D eigenvalue weighted by molar-refractivity contribution is 0.627. The third-order valence-corrected chi connectivity index (χ3v) is 4.99. The monoisotopic (exact) mass is 399 g/mol. The number of nitrogens with one attached hydrogen (secondary N) is 1. The molecule has 0 aliphatic carbocycles. The van der Waals surface area contributed by atoms with Gasteiger partial charge < -0.3 is 0 Å². The molecule has 0 radical (unpaired) electrons. The van der Waals surface area contributed by atoms with Gasteiger partial charge in [-0.3, -0.25) is 14.9 Å². The van der Waals surface area contributed by atoms with Gasteiger partial charge in [0.2, 0.25) is 0 Å². The van der Waals surface area contributed by atoms with Crippen molar-refractivity contribution in [2.75, 3.05) is 6.54 Å². The van der Waals surface area contributed by atoms with Crippen LogP contribution in [0.25, 0.3) is 16.9 Å². The van der Waals surface area contributed by atoms with Crippen LogP contribution in [0.2, 0.25) is 0 Å². The van der Waals surface area contributed by atoms with Crippen LogP contribution in [0.5, 0.6) is 0 Å². The highest BCUT2D eigenvalue weighted by atomic mass is 19.1. The SMILES string of the molecule is CC(=NCCc1ccc(F)cc1)c1c(-c2ccccc2)[nH]n(-c2ccccc2)c1=O.